The third kappa shape index (κ3) is 3.70. The number of likely N-dealkylation sites (tertiary alicyclic amines) is 1. The molecule has 2 heterocycles. The molecule has 25 heavy (non-hydrogen) atoms. The van der Waals surface area contributed by atoms with Crippen LogP contribution in [0.2, 0.25) is 0 Å². The Labute approximate surface area is 154 Å². The zero-order chi connectivity index (χ0) is 17.7. The summed E-state index contributed by atoms with van der Waals surface area (Å²) >= 11 is 0. The van der Waals surface area contributed by atoms with E-state index in [9.17, 15) is 9.18 Å². The molecule has 1 amide bonds. The van der Waals surface area contributed by atoms with Crippen molar-refractivity contribution in [3.8, 4) is 0 Å². The molecule has 0 saturated carbocycles. The number of carbonyl (C=O) groups excluding carboxylic acids is 1. The molecule has 3 rings (SSSR count). The van der Waals surface area contributed by atoms with Crippen molar-refractivity contribution in [3.05, 3.63) is 29.6 Å². The zero-order valence-corrected chi connectivity index (χ0v) is 15.9. The summed E-state index contributed by atoms with van der Waals surface area (Å²) in [6.07, 6.45) is 0.789. The van der Waals surface area contributed by atoms with Gasteiger partial charge in [0.15, 0.2) is 0 Å². The molecule has 1 aromatic carbocycles. The highest BCUT2D eigenvalue weighted by atomic mass is 35.5. The molecule has 0 aliphatic carbocycles. The highest BCUT2D eigenvalue weighted by Gasteiger charge is 2.52. The summed E-state index contributed by atoms with van der Waals surface area (Å²) in [5.74, 6) is -0.580. The van der Waals surface area contributed by atoms with Gasteiger partial charge in [0.2, 0.25) is 0 Å². The average Bonchev–Trinajstić information content (AvgIpc) is 3.00. The molecular weight excluding hydrogens is 345 g/mol. The van der Waals surface area contributed by atoms with Crippen LogP contribution in [-0.2, 0) is 9.31 Å². The lowest BCUT2D eigenvalue weighted by Gasteiger charge is -2.32. The van der Waals surface area contributed by atoms with Gasteiger partial charge < -0.3 is 19.9 Å². The van der Waals surface area contributed by atoms with Gasteiger partial charge in [-0.2, -0.15) is 0 Å². The van der Waals surface area contributed by atoms with Crippen molar-refractivity contribution in [2.75, 3.05) is 13.1 Å². The molecule has 0 bridgehead atoms. The summed E-state index contributed by atoms with van der Waals surface area (Å²) in [6.45, 7) is 8.79. The number of carbonyl (C=O) groups is 1. The van der Waals surface area contributed by atoms with Crippen molar-refractivity contribution in [2.45, 2.75) is 51.4 Å². The van der Waals surface area contributed by atoms with Crippen LogP contribution in [0.3, 0.4) is 0 Å². The number of amides is 1. The second-order valence-electron chi connectivity index (χ2n) is 7.62. The predicted octanol–water partition coefficient (Wildman–Crippen LogP) is 1.72. The topological polar surface area (TPSA) is 64.8 Å². The predicted molar refractivity (Wildman–Crippen MR) is 97.9 cm³/mol. The van der Waals surface area contributed by atoms with Crippen LogP contribution in [0.25, 0.3) is 0 Å². The maximum Gasteiger partial charge on any atom is 0.497 e. The molecule has 0 radical (unpaired) electrons. The van der Waals surface area contributed by atoms with Crippen molar-refractivity contribution < 1.29 is 18.5 Å². The van der Waals surface area contributed by atoms with Gasteiger partial charge in [0.1, 0.15) is 5.82 Å². The fraction of sp³-hybridized carbons (Fsp3) is 0.588. The van der Waals surface area contributed by atoms with Crippen molar-refractivity contribution in [1.29, 1.82) is 0 Å². The Morgan fingerprint density at radius 3 is 2.40 bits per heavy atom. The highest BCUT2D eigenvalue weighted by Crippen LogP contribution is 2.36. The van der Waals surface area contributed by atoms with Gasteiger partial charge in [-0.1, -0.05) is 0 Å². The Kier molecular flexibility index (Phi) is 5.54. The van der Waals surface area contributed by atoms with Gasteiger partial charge in [-0.15, -0.1) is 12.4 Å². The van der Waals surface area contributed by atoms with Gasteiger partial charge in [-0.3, -0.25) is 4.79 Å². The number of nitrogens with two attached hydrogens (primary N) is 1. The van der Waals surface area contributed by atoms with Gasteiger partial charge in [-0.25, -0.2) is 4.39 Å². The largest absolute Gasteiger partial charge is 0.497 e. The van der Waals surface area contributed by atoms with E-state index in [1.54, 1.807) is 4.90 Å². The Bertz CT molecular complexity index is 655. The summed E-state index contributed by atoms with van der Waals surface area (Å²) in [7, 11) is -0.830. The van der Waals surface area contributed by atoms with E-state index in [0.29, 0.717) is 18.7 Å². The van der Waals surface area contributed by atoms with Gasteiger partial charge in [0.05, 0.1) is 11.2 Å². The van der Waals surface area contributed by atoms with Crippen LogP contribution in [0.15, 0.2) is 18.2 Å². The first kappa shape index (κ1) is 20.2. The molecule has 2 saturated heterocycles. The van der Waals surface area contributed by atoms with Crippen LogP contribution in [-0.4, -0.2) is 48.3 Å². The third-order valence-electron chi connectivity index (χ3n) is 5.26. The summed E-state index contributed by atoms with van der Waals surface area (Å²) in [6, 6.07) is 4.33. The van der Waals surface area contributed by atoms with Crippen molar-refractivity contribution in [2.24, 2.45) is 5.73 Å². The first-order valence-electron chi connectivity index (χ1n) is 8.31. The zero-order valence-electron chi connectivity index (χ0n) is 15.0. The lowest BCUT2D eigenvalue weighted by atomic mass is 9.78. The minimum atomic E-state index is -0.830. The van der Waals surface area contributed by atoms with E-state index >= 15 is 0 Å². The highest BCUT2D eigenvalue weighted by molar-refractivity contribution is 6.62. The van der Waals surface area contributed by atoms with E-state index in [1.807, 2.05) is 27.7 Å². The Morgan fingerprint density at radius 2 is 1.88 bits per heavy atom. The summed E-state index contributed by atoms with van der Waals surface area (Å²) in [5, 5.41) is 0. The van der Waals surface area contributed by atoms with Crippen LogP contribution in [0.4, 0.5) is 4.39 Å². The number of rotatable bonds is 2. The van der Waals surface area contributed by atoms with Crippen molar-refractivity contribution in [1.82, 2.24) is 4.90 Å². The Balaban J connectivity index is 0.00000225. The molecule has 1 atom stereocenters. The first-order chi connectivity index (χ1) is 11.1. The number of halogens is 2. The number of nitrogens with zero attached hydrogens (tertiary/aromatic N) is 1. The molecule has 2 aliphatic rings. The summed E-state index contributed by atoms with van der Waals surface area (Å²) in [4.78, 5) is 14.3. The maximum absolute atomic E-state index is 14.3. The molecule has 2 N–H and O–H groups in total. The van der Waals surface area contributed by atoms with Crippen LogP contribution in [0.1, 0.15) is 44.5 Å². The summed E-state index contributed by atoms with van der Waals surface area (Å²) in [5.41, 5.74) is 5.41. The number of hydrogen-bond acceptors (Lipinski definition) is 4. The van der Waals surface area contributed by atoms with Crippen molar-refractivity contribution in [3.63, 3.8) is 0 Å². The fourth-order valence-corrected chi connectivity index (χ4v) is 2.98. The number of hydrogen-bond donors (Lipinski definition) is 1. The molecule has 2 aliphatic heterocycles. The third-order valence-corrected chi connectivity index (χ3v) is 5.26. The second kappa shape index (κ2) is 6.87. The smallest absolute Gasteiger partial charge is 0.399 e. The number of benzene rings is 1. The van der Waals surface area contributed by atoms with E-state index in [1.165, 1.54) is 18.2 Å². The maximum atomic E-state index is 14.3. The quantitative estimate of drug-likeness (QED) is 0.805. The van der Waals surface area contributed by atoms with E-state index in [2.05, 4.69) is 0 Å². The first-order valence-corrected chi connectivity index (χ1v) is 8.31. The van der Waals surface area contributed by atoms with Gasteiger partial charge in [0.25, 0.3) is 5.91 Å². The van der Waals surface area contributed by atoms with E-state index < -0.39 is 24.1 Å². The normalized spacial score (nSPS) is 24.3. The van der Waals surface area contributed by atoms with E-state index in [0.717, 1.165) is 6.42 Å². The molecule has 0 spiro atoms. The molecule has 0 unspecified atom stereocenters. The SMILES string of the molecule is CC1(C)OB(c2cc(C(=O)N3CC[C@H](N)C3)ccc2F)OC1(C)C.Cl. The minimum absolute atomic E-state index is 0. The monoisotopic (exact) mass is 370 g/mol. The Morgan fingerprint density at radius 1 is 1.28 bits per heavy atom. The van der Waals surface area contributed by atoms with Gasteiger partial charge in [0, 0.05) is 30.2 Å². The average molecular weight is 371 g/mol. The summed E-state index contributed by atoms with van der Waals surface area (Å²) < 4.78 is 26.1. The van der Waals surface area contributed by atoms with Gasteiger partial charge in [-0.05, 0) is 52.3 Å². The molecule has 138 valence electrons. The second-order valence-corrected chi connectivity index (χ2v) is 7.62. The van der Waals surface area contributed by atoms with E-state index in [-0.39, 0.29) is 29.8 Å². The van der Waals surface area contributed by atoms with Gasteiger partial charge >= 0.3 is 7.12 Å². The molecule has 2 fully saturated rings. The Hall–Kier alpha value is -1.15. The van der Waals surface area contributed by atoms with Crippen LogP contribution < -0.4 is 11.2 Å². The molecular formula is C17H25BClFN2O3. The fourth-order valence-electron chi connectivity index (χ4n) is 2.98. The molecule has 5 nitrogen and oxygen atoms in total. The lowest BCUT2D eigenvalue weighted by Crippen LogP contribution is -2.41. The van der Waals surface area contributed by atoms with Crippen LogP contribution >= 0.6 is 12.4 Å². The van der Waals surface area contributed by atoms with Crippen molar-refractivity contribution >= 4 is 30.9 Å². The molecule has 0 aromatic heterocycles. The molecule has 1 aromatic rings. The van der Waals surface area contributed by atoms with E-state index in [4.69, 9.17) is 15.0 Å². The minimum Gasteiger partial charge on any atom is -0.399 e. The standard InChI is InChI=1S/C17H24BFN2O3.ClH/c1-16(2)17(3,4)24-18(23-16)13-9-11(5-6-14(13)19)15(22)21-8-7-12(20)10-21;/h5-6,9,12H,7-8,10,20H2,1-4H3;1H/t12-;/m0./s1. The van der Waals surface area contributed by atoms with Crippen LogP contribution in [0.5, 0.6) is 0 Å². The van der Waals surface area contributed by atoms with Crippen LogP contribution in [0, 0.1) is 5.82 Å². The lowest BCUT2D eigenvalue weighted by molar-refractivity contribution is 0.00578. The molecule has 8 heteroatoms.